The van der Waals surface area contributed by atoms with Gasteiger partial charge in [-0.05, 0) is 30.9 Å². The summed E-state index contributed by atoms with van der Waals surface area (Å²) in [6.45, 7) is 0. The molecule has 0 bridgehead atoms. The summed E-state index contributed by atoms with van der Waals surface area (Å²) in [6, 6.07) is 4.25. The molecule has 1 saturated carbocycles. The summed E-state index contributed by atoms with van der Waals surface area (Å²) in [4.78, 5) is 0. The summed E-state index contributed by atoms with van der Waals surface area (Å²) in [5.41, 5.74) is 1.31. The van der Waals surface area contributed by atoms with Crippen LogP contribution in [-0.2, 0) is 7.05 Å². The van der Waals surface area contributed by atoms with Gasteiger partial charge in [0.25, 0.3) is 0 Å². The maximum atomic E-state index is 5.70. The van der Waals surface area contributed by atoms with E-state index in [2.05, 4.69) is 35.9 Å². The lowest BCUT2D eigenvalue weighted by molar-refractivity contribution is 0.331. The normalized spacial score (nSPS) is 19.7. The van der Waals surface area contributed by atoms with Crippen molar-refractivity contribution >= 4 is 0 Å². The van der Waals surface area contributed by atoms with Crippen LogP contribution in [0.2, 0.25) is 0 Å². The van der Waals surface area contributed by atoms with Crippen molar-refractivity contribution < 1.29 is 0 Å². The van der Waals surface area contributed by atoms with E-state index in [1.807, 2.05) is 0 Å². The molecule has 80 valence electrons. The van der Waals surface area contributed by atoms with E-state index < -0.39 is 0 Å². The van der Waals surface area contributed by atoms with Crippen molar-refractivity contribution in [1.82, 2.24) is 4.57 Å². The van der Waals surface area contributed by atoms with Crippen LogP contribution in [0.1, 0.15) is 43.7 Å². The Morgan fingerprint density at radius 2 is 2.13 bits per heavy atom. The predicted octanol–water partition coefficient (Wildman–Crippen LogP) is 3.32. The number of aryl methyl sites for hydroxylation is 1. The summed E-state index contributed by atoms with van der Waals surface area (Å²) < 4.78 is 2.17. The molecule has 1 unspecified atom stereocenters. The fourth-order valence-corrected chi connectivity index (χ4v) is 2.73. The van der Waals surface area contributed by atoms with Gasteiger partial charge in [0.05, 0.1) is 5.92 Å². The van der Waals surface area contributed by atoms with Crippen LogP contribution in [-0.4, -0.2) is 4.57 Å². The third-order valence-electron chi connectivity index (χ3n) is 3.60. The van der Waals surface area contributed by atoms with E-state index in [0.29, 0.717) is 11.8 Å². The molecule has 1 aromatic rings. The lowest BCUT2D eigenvalue weighted by Crippen LogP contribution is -2.17. The molecule has 0 saturated heterocycles. The minimum Gasteiger partial charge on any atom is -0.353 e. The van der Waals surface area contributed by atoms with Crippen molar-refractivity contribution in [3.05, 3.63) is 24.0 Å². The first kappa shape index (κ1) is 10.4. The van der Waals surface area contributed by atoms with Gasteiger partial charge in [-0.1, -0.05) is 25.2 Å². The van der Waals surface area contributed by atoms with Crippen molar-refractivity contribution in [2.75, 3.05) is 0 Å². The molecule has 0 radical (unpaired) electrons. The Balaban J connectivity index is 2.17. The van der Waals surface area contributed by atoms with Gasteiger partial charge in [-0.3, -0.25) is 0 Å². The molecule has 0 spiro atoms. The van der Waals surface area contributed by atoms with Crippen LogP contribution in [0, 0.1) is 18.3 Å². The topological polar surface area (TPSA) is 4.93 Å². The Hall–Kier alpha value is -1.16. The Kier molecular flexibility index (Phi) is 3.16. The zero-order valence-corrected chi connectivity index (χ0v) is 9.45. The standard InChI is InChI=1S/C14H19N/c1-3-13(12-8-5-4-6-9-12)14-10-7-11-15(14)2/h1,7,10-13H,4-6,8-9H2,2H3. The number of nitrogens with zero attached hydrogens (tertiary/aromatic N) is 1. The SMILES string of the molecule is C#CC(c1cccn1C)C1CCCCC1. The first-order valence-corrected chi connectivity index (χ1v) is 5.90. The Morgan fingerprint density at radius 1 is 1.40 bits per heavy atom. The zero-order valence-electron chi connectivity index (χ0n) is 9.45. The largest absolute Gasteiger partial charge is 0.353 e. The number of terminal acetylenes is 1. The number of hydrogen-bond donors (Lipinski definition) is 0. The molecule has 1 aliphatic carbocycles. The molecule has 0 amide bonds. The van der Waals surface area contributed by atoms with Crippen molar-refractivity contribution in [2.24, 2.45) is 13.0 Å². The molecule has 2 rings (SSSR count). The highest BCUT2D eigenvalue weighted by Crippen LogP contribution is 2.35. The number of aromatic nitrogens is 1. The maximum absolute atomic E-state index is 5.70. The number of hydrogen-bond acceptors (Lipinski definition) is 0. The average Bonchev–Trinajstić information content (AvgIpc) is 2.68. The van der Waals surface area contributed by atoms with Gasteiger partial charge < -0.3 is 4.57 Å². The van der Waals surface area contributed by atoms with Crippen LogP contribution in [0.5, 0.6) is 0 Å². The summed E-state index contributed by atoms with van der Waals surface area (Å²) in [5.74, 6) is 4.02. The Morgan fingerprint density at radius 3 is 2.67 bits per heavy atom. The smallest absolute Gasteiger partial charge is 0.0630 e. The zero-order chi connectivity index (χ0) is 10.7. The fourth-order valence-electron chi connectivity index (χ4n) is 2.73. The third-order valence-corrected chi connectivity index (χ3v) is 3.60. The van der Waals surface area contributed by atoms with E-state index >= 15 is 0 Å². The molecule has 1 aromatic heterocycles. The van der Waals surface area contributed by atoms with Crippen LogP contribution in [0.3, 0.4) is 0 Å². The third kappa shape index (κ3) is 2.09. The second-order valence-electron chi connectivity index (χ2n) is 4.59. The first-order valence-electron chi connectivity index (χ1n) is 5.90. The van der Waals surface area contributed by atoms with Crippen LogP contribution in [0.25, 0.3) is 0 Å². The quantitative estimate of drug-likeness (QED) is 0.647. The van der Waals surface area contributed by atoms with E-state index in [-0.39, 0.29) is 0 Å². The average molecular weight is 201 g/mol. The van der Waals surface area contributed by atoms with Gasteiger partial charge in [-0.2, -0.15) is 0 Å². The molecule has 1 atom stereocenters. The van der Waals surface area contributed by atoms with E-state index in [0.717, 1.165) is 0 Å². The lowest BCUT2D eigenvalue weighted by atomic mass is 9.79. The van der Waals surface area contributed by atoms with Crippen LogP contribution >= 0.6 is 0 Å². The molecule has 0 aromatic carbocycles. The molecule has 15 heavy (non-hydrogen) atoms. The van der Waals surface area contributed by atoms with Gasteiger partial charge >= 0.3 is 0 Å². The summed E-state index contributed by atoms with van der Waals surface area (Å²) in [6.07, 6.45) is 14.5. The first-order chi connectivity index (χ1) is 7.33. The van der Waals surface area contributed by atoms with Gasteiger partial charge in [0.1, 0.15) is 0 Å². The van der Waals surface area contributed by atoms with E-state index in [9.17, 15) is 0 Å². The van der Waals surface area contributed by atoms with Crippen molar-refractivity contribution in [1.29, 1.82) is 0 Å². The minimum absolute atomic E-state index is 0.324. The fraction of sp³-hybridized carbons (Fsp3) is 0.571. The minimum atomic E-state index is 0.324. The highest BCUT2D eigenvalue weighted by molar-refractivity contribution is 5.22. The summed E-state index contributed by atoms with van der Waals surface area (Å²) in [5, 5.41) is 0. The van der Waals surface area contributed by atoms with Crippen molar-refractivity contribution in [2.45, 2.75) is 38.0 Å². The second kappa shape index (κ2) is 4.57. The van der Waals surface area contributed by atoms with Crippen LogP contribution in [0.15, 0.2) is 18.3 Å². The van der Waals surface area contributed by atoms with Crippen LogP contribution < -0.4 is 0 Å². The van der Waals surface area contributed by atoms with E-state index in [1.165, 1.54) is 37.8 Å². The van der Waals surface area contributed by atoms with Gasteiger partial charge in [-0.25, -0.2) is 0 Å². The van der Waals surface area contributed by atoms with E-state index in [4.69, 9.17) is 6.42 Å². The van der Waals surface area contributed by atoms with Gasteiger partial charge in [0, 0.05) is 18.9 Å². The highest BCUT2D eigenvalue weighted by Gasteiger charge is 2.24. The molecular weight excluding hydrogens is 182 g/mol. The maximum Gasteiger partial charge on any atom is 0.0630 e. The second-order valence-corrected chi connectivity index (χ2v) is 4.59. The molecule has 1 aliphatic rings. The molecule has 1 heterocycles. The van der Waals surface area contributed by atoms with Crippen LogP contribution in [0.4, 0.5) is 0 Å². The van der Waals surface area contributed by atoms with Gasteiger partial charge in [0.2, 0.25) is 0 Å². The van der Waals surface area contributed by atoms with Gasteiger partial charge in [-0.15, -0.1) is 6.42 Å². The summed E-state index contributed by atoms with van der Waals surface area (Å²) >= 11 is 0. The predicted molar refractivity (Wildman–Crippen MR) is 63.6 cm³/mol. The highest BCUT2D eigenvalue weighted by atomic mass is 14.9. The molecule has 1 heteroatoms. The Labute approximate surface area is 92.5 Å². The molecule has 1 fully saturated rings. The van der Waals surface area contributed by atoms with E-state index in [1.54, 1.807) is 0 Å². The van der Waals surface area contributed by atoms with Crippen molar-refractivity contribution in [3.8, 4) is 12.3 Å². The van der Waals surface area contributed by atoms with Crippen molar-refractivity contribution in [3.63, 3.8) is 0 Å². The van der Waals surface area contributed by atoms with Gasteiger partial charge in [0.15, 0.2) is 0 Å². The number of rotatable bonds is 2. The monoisotopic (exact) mass is 201 g/mol. The molecule has 0 aliphatic heterocycles. The molecule has 1 nitrogen and oxygen atoms in total. The molecule has 0 N–H and O–H groups in total. The Bertz CT molecular complexity index is 350. The lowest BCUT2D eigenvalue weighted by Gasteiger charge is -2.27. The molecular formula is C14H19N. The summed E-state index contributed by atoms with van der Waals surface area (Å²) in [7, 11) is 2.09.